The Labute approximate surface area is 203 Å². The molecule has 1 N–H and O–H groups in total. The maximum Gasteiger partial charge on any atom is 0.412 e. The van der Waals surface area contributed by atoms with Crippen LogP contribution in [0.1, 0.15) is 43.5 Å². The Bertz CT molecular complexity index is 1380. The highest BCUT2D eigenvalue weighted by molar-refractivity contribution is 5.96. The van der Waals surface area contributed by atoms with Gasteiger partial charge in [0.1, 0.15) is 18.4 Å². The number of ether oxygens (including phenoxy) is 2. The third kappa shape index (κ3) is 4.56. The van der Waals surface area contributed by atoms with Crippen LogP contribution in [0.5, 0.6) is 5.75 Å². The highest BCUT2D eigenvalue weighted by atomic mass is 16.5. The number of benzene rings is 2. The summed E-state index contributed by atoms with van der Waals surface area (Å²) in [5.41, 5.74) is 4.81. The van der Waals surface area contributed by atoms with E-state index in [1.807, 2.05) is 61.5 Å². The van der Waals surface area contributed by atoms with E-state index in [-0.39, 0.29) is 6.61 Å². The van der Waals surface area contributed by atoms with Gasteiger partial charge < -0.3 is 14.0 Å². The molecule has 0 radical (unpaired) electrons. The van der Waals surface area contributed by atoms with E-state index in [1.54, 1.807) is 12.3 Å². The first-order chi connectivity index (χ1) is 17.2. The zero-order chi connectivity index (χ0) is 24.2. The smallest absolute Gasteiger partial charge is 0.412 e. The molecule has 0 spiro atoms. The molecule has 176 valence electrons. The second kappa shape index (κ2) is 9.90. The highest BCUT2D eigenvalue weighted by Gasteiger charge is 2.28. The molecular formula is C28H26N4O3. The first-order valence-corrected chi connectivity index (χ1v) is 11.8. The lowest BCUT2D eigenvalue weighted by molar-refractivity contribution is 0.153. The quantitative estimate of drug-likeness (QED) is 0.338. The number of rotatable bonds is 7. The number of fused-ring (bicyclic) bond motifs is 1. The highest BCUT2D eigenvalue weighted by Crippen LogP contribution is 2.43. The molecule has 1 amide bonds. The topological polar surface area (TPSA) is 89.2 Å². The molecule has 1 aliphatic rings. The summed E-state index contributed by atoms with van der Waals surface area (Å²) in [6.45, 7) is 2.65. The molecule has 1 saturated carbocycles. The summed E-state index contributed by atoms with van der Waals surface area (Å²) in [5.74, 6) is 0.804. The molecule has 0 atom stereocenters. The SMILES string of the molecule is CCOc1ccc2c(C#N)c(-c3ccc(NC(=O)OCc4ccccn4)cc3)n(C3CCC3)c2c1. The molecule has 2 heterocycles. The van der Waals surface area contributed by atoms with Gasteiger partial charge in [-0.05, 0) is 68.1 Å². The monoisotopic (exact) mass is 466 g/mol. The molecule has 35 heavy (non-hydrogen) atoms. The van der Waals surface area contributed by atoms with Crippen LogP contribution in [0.2, 0.25) is 0 Å². The summed E-state index contributed by atoms with van der Waals surface area (Å²) >= 11 is 0. The maximum absolute atomic E-state index is 12.2. The minimum Gasteiger partial charge on any atom is -0.494 e. The predicted molar refractivity (Wildman–Crippen MR) is 134 cm³/mol. The van der Waals surface area contributed by atoms with Crippen molar-refractivity contribution in [2.75, 3.05) is 11.9 Å². The fourth-order valence-electron chi connectivity index (χ4n) is 4.46. The molecular weight excluding hydrogens is 440 g/mol. The second-order valence-electron chi connectivity index (χ2n) is 8.50. The summed E-state index contributed by atoms with van der Waals surface area (Å²) in [6.07, 6.45) is 4.46. The van der Waals surface area contributed by atoms with E-state index in [0.29, 0.717) is 29.6 Å². The number of hydrogen-bond acceptors (Lipinski definition) is 5. The van der Waals surface area contributed by atoms with Crippen LogP contribution in [0.15, 0.2) is 66.9 Å². The van der Waals surface area contributed by atoms with Gasteiger partial charge in [-0.15, -0.1) is 0 Å². The molecule has 0 saturated heterocycles. The van der Waals surface area contributed by atoms with Crippen LogP contribution in [0, 0.1) is 11.3 Å². The Kier molecular flexibility index (Phi) is 6.36. The molecule has 0 aliphatic heterocycles. The summed E-state index contributed by atoms with van der Waals surface area (Å²) < 4.78 is 13.3. The lowest BCUT2D eigenvalue weighted by atomic mass is 9.92. The van der Waals surface area contributed by atoms with E-state index in [0.717, 1.165) is 40.8 Å². The number of aromatic nitrogens is 2. The standard InChI is InChI=1S/C28H26N4O3/c1-2-34-23-13-14-24-25(17-29)27(32(26(24)16-23)22-7-5-8-22)19-9-11-20(12-10-19)31-28(33)35-18-21-6-3-4-15-30-21/h3-4,6,9-16,22H,2,5,7-8,18H2,1H3,(H,31,33). The second-order valence-corrected chi connectivity index (χ2v) is 8.50. The zero-order valence-corrected chi connectivity index (χ0v) is 19.5. The molecule has 2 aromatic carbocycles. The third-order valence-electron chi connectivity index (χ3n) is 6.32. The molecule has 7 nitrogen and oxygen atoms in total. The normalized spacial score (nSPS) is 13.1. The summed E-state index contributed by atoms with van der Waals surface area (Å²) in [6, 6.07) is 21.7. The summed E-state index contributed by atoms with van der Waals surface area (Å²) in [4.78, 5) is 16.4. The average Bonchev–Trinajstić information content (AvgIpc) is 3.16. The van der Waals surface area contributed by atoms with Crippen LogP contribution in [-0.4, -0.2) is 22.3 Å². The van der Waals surface area contributed by atoms with Crippen LogP contribution in [0.25, 0.3) is 22.2 Å². The number of nitrogens with one attached hydrogen (secondary N) is 1. The van der Waals surface area contributed by atoms with Crippen molar-refractivity contribution >= 4 is 22.7 Å². The van der Waals surface area contributed by atoms with Crippen molar-refractivity contribution in [3.63, 3.8) is 0 Å². The van der Waals surface area contributed by atoms with Crippen LogP contribution < -0.4 is 10.1 Å². The van der Waals surface area contributed by atoms with Gasteiger partial charge in [-0.1, -0.05) is 18.2 Å². The first kappa shape index (κ1) is 22.5. The zero-order valence-electron chi connectivity index (χ0n) is 19.5. The van der Waals surface area contributed by atoms with E-state index in [9.17, 15) is 10.1 Å². The molecule has 7 heteroatoms. The third-order valence-corrected chi connectivity index (χ3v) is 6.32. The van der Waals surface area contributed by atoms with Gasteiger partial charge in [-0.2, -0.15) is 5.26 Å². The largest absolute Gasteiger partial charge is 0.494 e. The number of carbonyl (C=O) groups excluding carboxylic acids is 1. The predicted octanol–water partition coefficient (Wildman–Crippen LogP) is 6.45. The van der Waals surface area contributed by atoms with Crippen molar-refractivity contribution in [1.82, 2.24) is 9.55 Å². The van der Waals surface area contributed by atoms with Crippen molar-refractivity contribution in [3.05, 3.63) is 78.1 Å². The van der Waals surface area contributed by atoms with Gasteiger partial charge in [0.2, 0.25) is 0 Å². The maximum atomic E-state index is 12.2. The number of anilines is 1. The van der Waals surface area contributed by atoms with E-state index in [1.165, 1.54) is 6.42 Å². The van der Waals surface area contributed by atoms with E-state index in [4.69, 9.17) is 9.47 Å². The van der Waals surface area contributed by atoms with Gasteiger partial charge in [-0.25, -0.2) is 4.79 Å². The van der Waals surface area contributed by atoms with Gasteiger partial charge in [0.05, 0.1) is 29.1 Å². The Morgan fingerprint density at radius 3 is 2.66 bits per heavy atom. The molecule has 1 fully saturated rings. The lowest BCUT2D eigenvalue weighted by Crippen LogP contribution is -2.18. The number of nitrogens with zero attached hydrogens (tertiary/aromatic N) is 3. The van der Waals surface area contributed by atoms with Crippen LogP contribution in [0.3, 0.4) is 0 Å². The van der Waals surface area contributed by atoms with Crippen LogP contribution in [-0.2, 0) is 11.3 Å². The number of hydrogen-bond donors (Lipinski definition) is 1. The Hall–Kier alpha value is -4.31. The van der Waals surface area contributed by atoms with Crippen molar-refractivity contribution in [1.29, 1.82) is 5.26 Å². The fraction of sp³-hybridized carbons (Fsp3) is 0.250. The van der Waals surface area contributed by atoms with E-state index < -0.39 is 6.09 Å². The number of amides is 1. The van der Waals surface area contributed by atoms with Crippen molar-refractivity contribution < 1.29 is 14.3 Å². The number of carbonyl (C=O) groups is 1. The molecule has 1 aliphatic carbocycles. The van der Waals surface area contributed by atoms with Crippen molar-refractivity contribution in [2.45, 2.75) is 38.8 Å². The van der Waals surface area contributed by atoms with Crippen LogP contribution in [0.4, 0.5) is 10.5 Å². The summed E-state index contributed by atoms with van der Waals surface area (Å²) in [7, 11) is 0. The minimum absolute atomic E-state index is 0.0987. The first-order valence-electron chi connectivity index (χ1n) is 11.8. The average molecular weight is 467 g/mol. The van der Waals surface area contributed by atoms with Gasteiger partial charge in [0.25, 0.3) is 0 Å². The lowest BCUT2D eigenvalue weighted by Gasteiger charge is -2.30. The van der Waals surface area contributed by atoms with E-state index >= 15 is 0 Å². The Balaban J connectivity index is 1.42. The summed E-state index contributed by atoms with van der Waals surface area (Å²) in [5, 5.41) is 13.8. The van der Waals surface area contributed by atoms with Crippen molar-refractivity contribution in [3.8, 4) is 23.1 Å². The van der Waals surface area contributed by atoms with Gasteiger partial charge >= 0.3 is 6.09 Å². The molecule has 0 bridgehead atoms. The van der Waals surface area contributed by atoms with Crippen molar-refractivity contribution in [2.24, 2.45) is 0 Å². The Morgan fingerprint density at radius 1 is 1.17 bits per heavy atom. The van der Waals surface area contributed by atoms with E-state index in [2.05, 4.69) is 20.9 Å². The van der Waals surface area contributed by atoms with Gasteiger partial charge in [0.15, 0.2) is 0 Å². The number of nitriles is 1. The Morgan fingerprint density at radius 2 is 2.00 bits per heavy atom. The number of pyridine rings is 1. The molecule has 4 aromatic rings. The molecule has 5 rings (SSSR count). The van der Waals surface area contributed by atoms with Crippen LogP contribution >= 0.6 is 0 Å². The molecule has 0 unspecified atom stereocenters. The minimum atomic E-state index is -0.548. The molecule has 2 aromatic heterocycles. The van der Waals surface area contributed by atoms with Gasteiger partial charge in [0, 0.05) is 29.4 Å². The fourth-order valence-corrected chi connectivity index (χ4v) is 4.46. The van der Waals surface area contributed by atoms with Gasteiger partial charge in [-0.3, -0.25) is 10.3 Å².